The van der Waals surface area contributed by atoms with Crippen LogP contribution in [0.4, 0.5) is 10.1 Å². The van der Waals surface area contributed by atoms with E-state index in [2.05, 4.69) is 21.2 Å². The van der Waals surface area contributed by atoms with Crippen LogP contribution in [0, 0.1) is 11.7 Å². The SMILES string of the molecule is O=C(Nc1cc2c(cc1Br)OCCO2)C1CCCN(S(=O)(=O)c2ccc(F)cc2)C1. The zero-order valence-electron chi connectivity index (χ0n) is 15.9. The molecule has 1 fully saturated rings. The van der Waals surface area contributed by atoms with Gasteiger partial charge in [0.1, 0.15) is 19.0 Å². The normalized spacial score (nSPS) is 19.3. The highest BCUT2D eigenvalue weighted by atomic mass is 79.9. The van der Waals surface area contributed by atoms with Crippen molar-refractivity contribution < 1.29 is 27.1 Å². The van der Waals surface area contributed by atoms with E-state index in [4.69, 9.17) is 9.47 Å². The number of carbonyl (C=O) groups is 1. The van der Waals surface area contributed by atoms with Crippen LogP contribution in [0.3, 0.4) is 0 Å². The topological polar surface area (TPSA) is 84.9 Å². The number of halogens is 2. The van der Waals surface area contributed by atoms with Crippen molar-refractivity contribution in [2.75, 3.05) is 31.6 Å². The maximum atomic E-state index is 13.1. The van der Waals surface area contributed by atoms with Crippen LogP contribution in [-0.2, 0) is 14.8 Å². The molecule has 2 aliphatic rings. The fraction of sp³-hybridized carbons (Fsp3) is 0.350. The first-order valence-corrected chi connectivity index (χ1v) is 11.7. The van der Waals surface area contributed by atoms with E-state index < -0.39 is 21.8 Å². The van der Waals surface area contributed by atoms with Crippen molar-refractivity contribution in [2.24, 2.45) is 5.92 Å². The van der Waals surface area contributed by atoms with Crippen LogP contribution in [-0.4, -0.2) is 44.9 Å². The summed E-state index contributed by atoms with van der Waals surface area (Å²) in [5, 5.41) is 2.86. The Kier molecular flexibility index (Phi) is 5.99. The summed E-state index contributed by atoms with van der Waals surface area (Å²) in [6.07, 6.45) is 1.13. The number of hydrogen-bond donors (Lipinski definition) is 1. The lowest BCUT2D eigenvalue weighted by Crippen LogP contribution is -2.43. The minimum atomic E-state index is -3.80. The van der Waals surface area contributed by atoms with Gasteiger partial charge >= 0.3 is 0 Å². The van der Waals surface area contributed by atoms with Gasteiger partial charge in [-0.1, -0.05) is 0 Å². The Hall–Kier alpha value is -2.17. The second kappa shape index (κ2) is 8.52. The van der Waals surface area contributed by atoms with E-state index in [1.165, 1.54) is 16.4 Å². The molecule has 4 rings (SSSR count). The van der Waals surface area contributed by atoms with Crippen molar-refractivity contribution in [1.82, 2.24) is 4.31 Å². The number of nitrogens with one attached hydrogen (secondary N) is 1. The smallest absolute Gasteiger partial charge is 0.243 e. The molecule has 0 radical (unpaired) electrons. The fourth-order valence-corrected chi connectivity index (χ4v) is 5.47. The summed E-state index contributed by atoms with van der Waals surface area (Å²) in [5.74, 6) is -0.139. The zero-order chi connectivity index (χ0) is 21.3. The van der Waals surface area contributed by atoms with Gasteiger partial charge in [0.25, 0.3) is 0 Å². The van der Waals surface area contributed by atoms with E-state index in [0.717, 1.165) is 12.1 Å². The second-order valence-electron chi connectivity index (χ2n) is 7.12. The van der Waals surface area contributed by atoms with E-state index in [-0.39, 0.29) is 17.3 Å². The number of sulfonamides is 1. The van der Waals surface area contributed by atoms with Gasteiger partial charge in [-0.15, -0.1) is 0 Å². The predicted octanol–water partition coefficient (Wildman–Crippen LogP) is 3.40. The summed E-state index contributed by atoms with van der Waals surface area (Å²) in [7, 11) is -3.80. The van der Waals surface area contributed by atoms with E-state index in [1.54, 1.807) is 12.1 Å². The molecule has 0 aromatic heterocycles. The number of piperidine rings is 1. The molecule has 1 N–H and O–H groups in total. The van der Waals surface area contributed by atoms with Gasteiger partial charge in [0.15, 0.2) is 11.5 Å². The van der Waals surface area contributed by atoms with Gasteiger partial charge in [-0.05, 0) is 53.0 Å². The third-order valence-corrected chi connectivity index (χ3v) is 7.63. The monoisotopic (exact) mass is 498 g/mol. The molecule has 2 heterocycles. The lowest BCUT2D eigenvalue weighted by Gasteiger charge is -2.31. The lowest BCUT2D eigenvalue weighted by atomic mass is 9.98. The molecule has 7 nitrogen and oxygen atoms in total. The Labute approximate surface area is 182 Å². The molecular weight excluding hydrogens is 479 g/mol. The van der Waals surface area contributed by atoms with Gasteiger partial charge < -0.3 is 14.8 Å². The minimum Gasteiger partial charge on any atom is -0.486 e. The van der Waals surface area contributed by atoms with Crippen molar-refractivity contribution in [3.8, 4) is 11.5 Å². The number of nitrogens with zero attached hydrogens (tertiary/aromatic N) is 1. The number of fused-ring (bicyclic) bond motifs is 1. The van der Waals surface area contributed by atoms with Crippen molar-refractivity contribution in [3.05, 3.63) is 46.7 Å². The van der Waals surface area contributed by atoms with Crippen LogP contribution < -0.4 is 14.8 Å². The Morgan fingerprint density at radius 2 is 1.80 bits per heavy atom. The second-order valence-corrected chi connectivity index (χ2v) is 9.91. The maximum Gasteiger partial charge on any atom is 0.243 e. The minimum absolute atomic E-state index is 0.0135. The number of rotatable bonds is 4. The third-order valence-electron chi connectivity index (χ3n) is 5.10. The average Bonchev–Trinajstić information content (AvgIpc) is 2.74. The molecule has 1 atom stereocenters. The molecule has 2 aliphatic heterocycles. The van der Waals surface area contributed by atoms with Gasteiger partial charge in [-0.2, -0.15) is 4.31 Å². The summed E-state index contributed by atoms with van der Waals surface area (Å²) >= 11 is 3.42. The standard InChI is InChI=1S/C20H20BrFN2O5S/c21-16-10-18-19(29-9-8-28-18)11-17(16)23-20(25)13-2-1-7-24(12-13)30(26,27)15-5-3-14(22)4-6-15/h3-6,10-11,13H,1-2,7-9,12H2,(H,23,25). The van der Waals surface area contributed by atoms with E-state index in [9.17, 15) is 17.6 Å². The van der Waals surface area contributed by atoms with Crippen molar-refractivity contribution in [2.45, 2.75) is 17.7 Å². The fourth-order valence-electron chi connectivity index (χ4n) is 3.52. The summed E-state index contributed by atoms with van der Waals surface area (Å²) in [4.78, 5) is 12.9. The molecule has 30 heavy (non-hydrogen) atoms. The summed E-state index contributed by atoms with van der Waals surface area (Å²) in [6, 6.07) is 8.12. The highest BCUT2D eigenvalue weighted by Crippen LogP contribution is 2.38. The first kappa shape index (κ1) is 21.1. The Balaban J connectivity index is 1.48. The van der Waals surface area contributed by atoms with Gasteiger partial charge in [-0.3, -0.25) is 4.79 Å². The summed E-state index contributed by atoms with van der Waals surface area (Å²) in [6.45, 7) is 1.28. The highest BCUT2D eigenvalue weighted by Gasteiger charge is 2.33. The number of ether oxygens (including phenoxy) is 2. The first-order chi connectivity index (χ1) is 14.3. The molecule has 1 unspecified atom stereocenters. The van der Waals surface area contributed by atoms with Gasteiger partial charge in [0, 0.05) is 29.7 Å². The summed E-state index contributed by atoms with van der Waals surface area (Å²) < 4.78 is 51.9. The molecule has 0 saturated carbocycles. The maximum absolute atomic E-state index is 13.1. The molecule has 2 aromatic carbocycles. The molecule has 2 aromatic rings. The largest absolute Gasteiger partial charge is 0.486 e. The molecule has 1 amide bonds. The van der Waals surface area contributed by atoms with Crippen LogP contribution in [0.25, 0.3) is 0 Å². The highest BCUT2D eigenvalue weighted by molar-refractivity contribution is 9.10. The van der Waals surface area contributed by atoms with Crippen molar-refractivity contribution in [3.63, 3.8) is 0 Å². The Bertz CT molecular complexity index is 1060. The van der Waals surface area contributed by atoms with Gasteiger partial charge in [-0.25, -0.2) is 12.8 Å². The molecule has 0 spiro atoms. The summed E-state index contributed by atoms with van der Waals surface area (Å²) in [5.41, 5.74) is 0.530. The molecule has 160 valence electrons. The van der Waals surface area contributed by atoms with Crippen LogP contribution in [0.15, 0.2) is 45.8 Å². The zero-order valence-corrected chi connectivity index (χ0v) is 18.3. The number of carbonyl (C=O) groups excluding carboxylic acids is 1. The average molecular weight is 499 g/mol. The number of hydrogen-bond acceptors (Lipinski definition) is 5. The molecule has 1 saturated heterocycles. The number of amides is 1. The molecule has 10 heteroatoms. The number of anilines is 1. The number of benzene rings is 2. The van der Waals surface area contributed by atoms with Gasteiger partial charge in [0.05, 0.1) is 16.5 Å². The molecule has 0 bridgehead atoms. The predicted molar refractivity (Wildman–Crippen MR) is 112 cm³/mol. The van der Waals surface area contributed by atoms with Crippen molar-refractivity contribution >= 4 is 37.5 Å². The van der Waals surface area contributed by atoms with Crippen LogP contribution in [0.1, 0.15) is 12.8 Å². The quantitative estimate of drug-likeness (QED) is 0.698. The molecular formula is C20H20BrFN2O5S. The van der Waals surface area contributed by atoms with E-state index in [0.29, 0.717) is 54.3 Å². The first-order valence-electron chi connectivity index (χ1n) is 9.50. The Morgan fingerprint density at radius 3 is 2.50 bits per heavy atom. The van der Waals surface area contributed by atoms with Gasteiger partial charge in [0.2, 0.25) is 15.9 Å². The van der Waals surface area contributed by atoms with Crippen LogP contribution in [0.2, 0.25) is 0 Å². The van der Waals surface area contributed by atoms with E-state index in [1.807, 2.05) is 0 Å². The van der Waals surface area contributed by atoms with E-state index >= 15 is 0 Å². The lowest BCUT2D eigenvalue weighted by molar-refractivity contribution is -0.120. The molecule has 0 aliphatic carbocycles. The van der Waals surface area contributed by atoms with Crippen LogP contribution in [0.5, 0.6) is 11.5 Å². The Morgan fingerprint density at radius 1 is 1.13 bits per heavy atom. The van der Waals surface area contributed by atoms with Crippen LogP contribution >= 0.6 is 15.9 Å². The van der Waals surface area contributed by atoms with Crippen molar-refractivity contribution in [1.29, 1.82) is 0 Å². The third kappa shape index (κ3) is 4.30.